The number of alkyl halides is 3. The molecule has 1 aromatic rings. The van der Waals surface area contributed by atoms with Crippen molar-refractivity contribution in [2.45, 2.75) is 44.7 Å². The highest BCUT2D eigenvalue weighted by Crippen LogP contribution is 2.36. The smallest absolute Gasteiger partial charge is 0.399 e. The zero-order valence-electron chi connectivity index (χ0n) is 11.7. The first-order valence-electron chi connectivity index (χ1n) is 7.15. The fraction of sp³-hybridized carbons (Fsp3) is 0.533. The molecular formula is C15H19F3N2O. The second kappa shape index (κ2) is 6.37. The maximum atomic E-state index is 13.0. The molecule has 0 aliphatic heterocycles. The molecule has 3 N–H and O–H groups in total. The lowest BCUT2D eigenvalue weighted by atomic mass is 9.99. The largest absolute Gasteiger partial charge is 0.418 e. The van der Waals surface area contributed by atoms with Gasteiger partial charge < -0.3 is 11.1 Å². The summed E-state index contributed by atoms with van der Waals surface area (Å²) in [5.74, 6) is -0.529. The Morgan fingerprint density at radius 3 is 2.33 bits per heavy atom. The highest BCUT2D eigenvalue weighted by atomic mass is 19.4. The van der Waals surface area contributed by atoms with Gasteiger partial charge in [-0.25, -0.2) is 0 Å². The van der Waals surface area contributed by atoms with Crippen LogP contribution in [0.5, 0.6) is 0 Å². The summed E-state index contributed by atoms with van der Waals surface area (Å²) in [5.41, 5.74) is 4.31. The molecule has 0 radical (unpaired) electrons. The summed E-state index contributed by atoms with van der Waals surface area (Å²) >= 11 is 0. The van der Waals surface area contributed by atoms with Crippen molar-refractivity contribution in [1.82, 2.24) is 0 Å². The Labute approximate surface area is 121 Å². The molecule has 0 heterocycles. The van der Waals surface area contributed by atoms with E-state index in [1.165, 1.54) is 12.1 Å². The summed E-state index contributed by atoms with van der Waals surface area (Å²) in [7, 11) is 0. The standard InChI is InChI=1S/C15H19F3N2O/c16-15(17,18)12-9-11(19)7-8-13(12)20-14(21)10-5-3-1-2-4-6-10/h7-10H,1-6,19H2,(H,20,21). The number of rotatable bonds is 2. The SMILES string of the molecule is Nc1ccc(NC(=O)C2CCCCCC2)c(C(F)(F)F)c1. The van der Waals surface area contributed by atoms with Crippen LogP contribution in [-0.2, 0) is 11.0 Å². The second-order valence-electron chi connectivity index (χ2n) is 5.48. The summed E-state index contributed by atoms with van der Waals surface area (Å²) in [6, 6.07) is 3.42. The van der Waals surface area contributed by atoms with E-state index in [4.69, 9.17) is 5.73 Å². The maximum absolute atomic E-state index is 13.0. The third-order valence-electron chi connectivity index (χ3n) is 3.83. The molecule has 1 saturated carbocycles. The van der Waals surface area contributed by atoms with E-state index >= 15 is 0 Å². The summed E-state index contributed by atoms with van der Waals surface area (Å²) < 4.78 is 38.9. The van der Waals surface area contributed by atoms with Crippen LogP contribution in [0.3, 0.4) is 0 Å². The summed E-state index contributed by atoms with van der Waals surface area (Å²) in [4.78, 5) is 12.2. The summed E-state index contributed by atoms with van der Waals surface area (Å²) in [6.45, 7) is 0. The zero-order chi connectivity index (χ0) is 15.5. The van der Waals surface area contributed by atoms with Crippen LogP contribution in [0, 0.1) is 5.92 Å². The average molecular weight is 300 g/mol. The number of nitrogens with two attached hydrogens (primary N) is 1. The molecule has 1 aliphatic carbocycles. The van der Waals surface area contributed by atoms with Crippen LogP contribution >= 0.6 is 0 Å². The number of carbonyl (C=O) groups is 1. The van der Waals surface area contributed by atoms with Gasteiger partial charge in [-0.1, -0.05) is 25.7 Å². The highest BCUT2D eigenvalue weighted by Gasteiger charge is 2.34. The monoisotopic (exact) mass is 300 g/mol. The average Bonchev–Trinajstić information content (AvgIpc) is 2.68. The lowest BCUT2D eigenvalue weighted by Crippen LogP contribution is -2.24. The van der Waals surface area contributed by atoms with Gasteiger partial charge in [-0.15, -0.1) is 0 Å². The Hall–Kier alpha value is -1.72. The maximum Gasteiger partial charge on any atom is 0.418 e. The molecule has 6 heteroatoms. The topological polar surface area (TPSA) is 55.1 Å². The van der Waals surface area contributed by atoms with E-state index in [-0.39, 0.29) is 23.2 Å². The first-order valence-corrected chi connectivity index (χ1v) is 7.15. The fourth-order valence-corrected chi connectivity index (χ4v) is 2.68. The van der Waals surface area contributed by atoms with Gasteiger partial charge in [-0.3, -0.25) is 4.79 Å². The lowest BCUT2D eigenvalue weighted by Gasteiger charge is -2.18. The fourth-order valence-electron chi connectivity index (χ4n) is 2.68. The molecule has 1 aromatic carbocycles. The van der Waals surface area contributed by atoms with E-state index in [9.17, 15) is 18.0 Å². The van der Waals surface area contributed by atoms with Crippen molar-refractivity contribution in [3.63, 3.8) is 0 Å². The minimum atomic E-state index is -4.54. The molecule has 0 bridgehead atoms. The van der Waals surface area contributed by atoms with E-state index in [1.807, 2.05) is 0 Å². The molecule has 0 unspecified atom stereocenters. The molecule has 3 nitrogen and oxygen atoms in total. The number of anilines is 2. The lowest BCUT2D eigenvalue weighted by molar-refractivity contribution is -0.137. The normalized spacial score (nSPS) is 17.3. The molecule has 1 fully saturated rings. The van der Waals surface area contributed by atoms with Crippen molar-refractivity contribution in [2.75, 3.05) is 11.1 Å². The quantitative estimate of drug-likeness (QED) is 0.635. The number of nitrogen functional groups attached to an aromatic ring is 1. The number of amides is 1. The van der Waals surface area contributed by atoms with Crippen LogP contribution in [0.1, 0.15) is 44.1 Å². The molecule has 1 amide bonds. The Bertz CT molecular complexity index is 506. The van der Waals surface area contributed by atoms with Crippen LogP contribution in [0.25, 0.3) is 0 Å². The molecule has 2 rings (SSSR count). The van der Waals surface area contributed by atoms with Gasteiger partial charge in [0.1, 0.15) is 0 Å². The van der Waals surface area contributed by atoms with Gasteiger partial charge in [0.05, 0.1) is 11.3 Å². The Kier molecular flexibility index (Phi) is 4.75. The van der Waals surface area contributed by atoms with E-state index in [2.05, 4.69) is 5.32 Å². The van der Waals surface area contributed by atoms with Gasteiger partial charge in [0.25, 0.3) is 0 Å². The van der Waals surface area contributed by atoms with Gasteiger partial charge in [0.15, 0.2) is 0 Å². The first-order chi connectivity index (χ1) is 9.88. The number of benzene rings is 1. The number of nitrogens with one attached hydrogen (secondary N) is 1. The molecular weight excluding hydrogens is 281 g/mol. The number of hydrogen-bond donors (Lipinski definition) is 2. The highest BCUT2D eigenvalue weighted by molar-refractivity contribution is 5.93. The van der Waals surface area contributed by atoms with Crippen LogP contribution in [0.15, 0.2) is 18.2 Å². The summed E-state index contributed by atoms with van der Waals surface area (Å²) in [6.07, 6.45) is 1.00. The molecule has 21 heavy (non-hydrogen) atoms. The summed E-state index contributed by atoms with van der Waals surface area (Å²) in [5, 5.41) is 2.43. The number of hydrogen-bond acceptors (Lipinski definition) is 2. The van der Waals surface area contributed by atoms with E-state index < -0.39 is 11.7 Å². The molecule has 0 saturated heterocycles. The second-order valence-corrected chi connectivity index (χ2v) is 5.48. The van der Waals surface area contributed by atoms with E-state index in [1.54, 1.807) is 0 Å². The Morgan fingerprint density at radius 2 is 1.76 bits per heavy atom. The minimum absolute atomic E-state index is 0.0230. The predicted octanol–water partition coefficient (Wildman–Crippen LogP) is 4.20. The molecule has 1 aliphatic rings. The van der Waals surface area contributed by atoms with Crippen molar-refractivity contribution in [3.8, 4) is 0 Å². The molecule has 0 spiro atoms. The van der Waals surface area contributed by atoms with Gasteiger partial charge >= 0.3 is 6.18 Å². The number of carbonyl (C=O) groups excluding carboxylic acids is 1. The van der Waals surface area contributed by atoms with Crippen LogP contribution in [0.2, 0.25) is 0 Å². The van der Waals surface area contributed by atoms with Crippen LogP contribution in [-0.4, -0.2) is 5.91 Å². The van der Waals surface area contributed by atoms with Gasteiger partial charge in [0, 0.05) is 11.6 Å². The van der Waals surface area contributed by atoms with Gasteiger partial charge in [-0.05, 0) is 31.0 Å². The van der Waals surface area contributed by atoms with Crippen LogP contribution < -0.4 is 11.1 Å². The third kappa shape index (κ3) is 4.12. The Balaban J connectivity index is 2.17. The Morgan fingerprint density at radius 1 is 1.14 bits per heavy atom. The molecule has 0 aromatic heterocycles. The van der Waals surface area contributed by atoms with Crippen molar-refractivity contribution in [3.05, 3.63) is 23.8 Å². The van der Waals surface area contributed by atoms with Crippen molar-refractivity contribution in [2.24, 2.45) is 5.92 Å². The van der Waals surface area contributed by atoms with E-state index in [0.29, 0.717) is 0 Å². The predicted molar refractivity (Wildman–Crippen MR) is 75.7 cm³/mol. The van der Waals surface area contributed by atoms with Gasteiger partial charge in [0.2, 0.25) is 5.91 Å². The van der Waals surface area contributed by atoms with E-state index in [0.717, 1.165) is 44.6 Å². The van der Waals surface area contributed by atoms with Crippen LogP contribution in [0.4, 0.5) is 24.5 Å². The first kappa shape index (κ1) is 15.7. The third-order valence-corrected chi connectivity index (χ3v) is 3.83. The molecule has 116 valence electrons. The van der Waals surface area contributed by atoms with Crippen molar-refractivity contribution < 1.29 is 18.0 Å². The number of halogens is 3. The zero-order valence-corrected chi connectivity index (χ0v) is 11.7. The van der Waals surface area contributed by atoms with Crippen molar-refractivity contribution >= 4 is 17.3 Å². The van der Waals surface area contributed by atoms with Crippen molar-refractivity contribution in [1.29, 1.82) is 0 Å². The molecule has 0 atom stereocenters. The minimum Gasteiger partial charge on any atom is -0.399 e. The van der Waals surface area contributed by atoms with Gasteiger partial charge in [-0.2, -0.15) is 13.2 Å².